The maximum Gasteiger partial charge on any atom is 0.158 e. The summed E-state index contributed by atoms with van der Waals surface area (Å²) < 4.78 is 1.79. The Bertz CT molecular complexity index is 1100. The highest BCUT2D eigenvalue weighted by atomic mass is 16.1. The van der Waals surface area contributed by atoms with Gasteiger partial charge in [0.1, 0.15) is 11.5 Å². The summed E-state index contributed by atoms with van der Waals surface area (Å²) in [5.74, 6) is 0.127. The summed E-state index contributed by atoms with van der Waals surface area (Å²) in [6.07, 6.45) is 2.15. The largest absolute Gasteiger partial charge is 0.300 e. The Hall–Kier alpha value is -3.27. The van der Waals surface area contributed by atoms with E-state index in [1.54, 1.807) is 17.8 Å². The van der Waals surface area contributed by atoms with Crippen LogP contribution in [0.15, 0.2) is 66.9 Å². The van der Waals surface area contributed by atoms with Gasteiger partial charge in [-0.15, -0.1) is 0 Å². The predicted molar refractivity (Wildman–Crippen MR) is 104 cm³/mol. The van der Waals surface area contributed by atoms with Gasteiger partial charge in [0.25, 0.3) is 0 Å². The van der Waals surface area contributed by atoms with Gasteiger partial charge in [-0.25, -0.2) is 9.67 Å². The first-order chi connectivity index (χ1) is 12.6. The number of pyridine rings is 1. The van der Waals surface area contributed by atoms with E-state index in [0.29, 0.717) is 6.42 Å². The van der Waals surface area contributed by atoms with Gasteiger partial charge in [0.2, 0.25) is 0 Å². The van der Waals surface area contributed by atoms with Crippen LogP contribution in [-0.2, 0) is 18.3 Å². The fourth-order valence-corrected chi connectivity index (χ4v) is 3.26. The van der Waals surface area contributed by atoms with E-state index in [9.17, 15) is 4.79 Å². The first kappa shape index (κ1) is 16.2. The molecule has 4 rings (SSSR count). The van der Waals surface area contributed by atoms with E-state index in [0.717, 1.165) is 33.4 Å². The number of benzene rings is 2. The van der Waals surface area contributed by atoms with Crippen LogP contribution in [0.4, 0.5) is 0 Å². The number of fused-ring (bicyclic) bond motifs is 1. The molecule has 0 saturated heterocycles. The van der Waals surface area contributed by atoms with Crippen LogP contribution in [-0.4, -0.2) is 20.5 Å². The number of ketones is 1. The molecule has 128 valence electrons. The monoisotopic (exact) mass is 341 g/mol. The van der Waals surface area contributed by atoms with Crippen LogP contribution in [0, 0.1) is 0 Å². The van der Waals surface area contributed by atoms with Crippen molar-refractivity contribution in [1.82, 2.24) is 14.8 Å². The molecule has 0 bridgehead atoms. The van der Waals surface area contributed by atoms with E-state index in [2.05, 4.69) is 40.4 Å². The van der Waals surface area contributed by atoms with Gasteiger partial charge < -0.3 is 0 Å². The second-order valence-corrected chi connectivity index (χ2v) is 6.51. The molecule has 0 N–H and O–H groups in total. The summed E-state index contributed by atoms with van der Waals surface area (Å²) in [4.78, 5) is 16.0. The van der Waals surface area contributed by atoms with E-state index in [-0.39, 0.29) is 5.78 Å². The fraction of sp³-hybridized carbons (Fsp3) is 0.136. The predicted octanol–water partition coefficient (Wildman–Crippen LogP) is 4.43. The molecule has 0 aliphatic carbocycles. The van der Waals surface area contributed by atoms with Gasteiger partial charge in [-0.3, -0.25) is 4.79 Å². The molecular formula is C22H19N3O. The van der Waals surface area contributed by atoms with Crippen LogP contribution in [0.5, 0.6) is 0 Å². The first-order valence-electron chi connectivity index (χ1n) is 8.59. The minimum Gasteiger partial charge on any atom is -0.300 e. The number of hydrogen-bond acceptors (Lipinski definition) is 3. The van der Waals surface area contributed by atoms with Crippen molar-refractivity contribution in [1.29, 1.82) is 0 Å². The molecule has 0 unspecified atom stereocenters. The minimum atomic E-state index is 0.127. The lowest BCUT2D eigenvalue weighted by atomic mass is 10.0. The zero-order chi connectivity index (χ0) is 18.1. The average molecular weight is 341 g/mol. The summed E-state index contributed by atoms with van der Waals surface area (Å²) in [6.45, 7) is 1.59. The summed E-state index contributed by atoms with van der Waals surface area (Å²) in [5.41, 5.74) is 5.98. The Labute approximate surface area is 152 Å². The van der Waals surface area contributed by atoms with Gasteiger partial charge in [0, 0.05) is 30.6 Å². The smallest absolute Gasteiger partial charge is 0.158 e. The van der Waals surface area contributed by atoms with Crippen molar-refractivity contribution in [3.05, 3.63) is 72.4 Å². The number of aromatic nitrogens is 3. The normalized spacial score (nSPS) is 11.0. The van der Waals surface area contributed by atoms with Gasteiger partial charge in [-0.2, -0.15) is 5.10 Å². The molecule has 0 amide bonds. The van der Waals surface area contributed by atoms with E-state index >= 15 is 0 Å². The zero-order valence-corrected chi connectivity index (χ0v) is 14.8. The number of hydrogen-bond donors (Lipinski definition) is 0. The molecule has 2 aromatic carbocycles. The second-order valence-electron chi connectivity index (χ2n) is 6.51. The van der Waals surface area contributed by atoms with Crippen LogP contribution < -0.4 is 0 Å². The summed E-state index contributed by atoms with van der Waals surface area (Å²) in [7, 11) is 1.89. The Morgan fingerprint density at radius 1 is 0.962 bits per heavy atom. The van der Waals surface area contributed by atoms with E-state index in [1.807, 2.05) is 37.4 Å². The van der Waals surface area contributed by atoms with Crippen LogP contribution in [0.1, 0.15) is 12.5 Å². The van der Waals surface area contributed by atoms with Crippen molar-refractivity contribution in [2.45, 2.75) is 13.3 Å². The molecule has 0 saturated carbocycles. The maximum atomic E-state index is 11.5. The van der Waals surface area contributed by atoms with E-state index < -0.39 is 0 Å². The Morgan fingerprint density at radius 2 is 1.69 bits per heavy atom. The van der Waals surface area contributed by atoms with Gasteiger partial charge in [0.15, 0.2) is 5.65 Å². The lowest BCUT2D eigenvalue weighted by molar-refractivity contribution is -0.116. The molecule has 0 aliphatic rings. The van der Waals surface area contributed by atoms with Crippen LogP contribution in [0.25, 0.3) is 33.4 Å². The highest BCUT2D eigenvalue weighted by Gasteiger charge is 2.13. The minimum absolute atomic E-state index is 0.127. The standard InChI is InChI=1S/C22H19N3O/c1-15(26)11-16-12-20-21(24-25(2)22(20)23-14-16)19-10-6-9-18(13-19)17-7-4-3-5-8-17/h3-10,12-14H,11H2,1-2H3. The molecule has 4 heteroatoms. The third-order valence-electron chi connectivity index (χ3n) is 4.43. The summed E-state index contributed by atoms with van der Waals surface area (Å²) in [6, 6.07) is 20.7. The van der Waals surface area contributed by atoms with E-state index in [4.69, 9.17) is 0 Å². The quantitative estimate of drug-likeness (QED) is 0.551. The highest BCUT2D eigenvalue weighted by Crippen LogP contribution is 2.30. The van der Waals surface area contributed by atoms with Crippen molar-refractivity contribution < 1.29 is 4.79 Å². The van der Waals surface area contributed by atoms with Crippen molar-refractivity contribution in [3.8, 4) is 22.4 Å². The maximum absolute atomic E-state index is 11.5. The molecule has 26 heavy (non-hydrogen) atoms. The van der Waals surface area contributed by atoms with Crippen LogP contribution in [0.2, 0.25) is 0 Å². The Morgan fingerprint density at radius 3 is 2.46 bits per heavy atom. The van der Waals surface area contributed by atoms with E-state index in [1.165, 1.54) is 5.56 Å². The number of aryl methyl sites for hydroxylation is 1. The molecule has 0 aliphatic heterocycles. The first-order valence-corrected chi connectivity index (χ1v) is 8.59. The molecular weight excluding hydrogens is 322 g/mol. The number of carbonyl (C=O) groups is 1. The van der Waals surface area contributed by atoms with Crippen molar-refractivity contribution in [2.75, 3.05) is 0 Å². The van der Waals surface area contributed by atoms with Crippen LogP contribution in [0.3, 0.4) is 0 Å². The van der Waals surface area contributed by atoms with Crippen molar-refractivity contribution in [2.24, 2.45) is 7.05 Å². The molecule has 0 fully saturated rings. The second kappa shape index (κ2) is 6.56. The van der Waals surface area contributed by atoms with Crippen molar-refractivity contribution >= 4 is 16.8 Å². The molecule has 4 nitrogen and oxygen atoms in total. The van der Waals surface area contributed by atoms with Gasteiger partial charge in [0.05, 0.1) is 0 Å². The number of Topliss-reactive ketones (excluding diaryl/α,β-unsaturated/α-hetero) is 1. The highest BCUT2D eigenvalue weighted by molar-refractivity contribution is 5.93. The SMILES string of the molecule is CC(=O)Cc1cnc2c(c1)c(-c1cccc(-c3ccccc3)c1)nn2C. The number of nitrogens with zero attached hydrogens (tertiary/aromatic N) is 3. The van der Waals surface area contributed by atoms with Crippen LogP contribution >= 0.6 is 0 Å². The van der Waals surface area contributed by atoms with Gasteiger partial charge in [-0.1, -0.05) is 48.5 Å². The molecule has 2 aromatic heterocycles. The van der Waals surface area contributed by atoms with Crippen molar-refractivity contribution in [3.63, 3.8) is 0 Å². The third-order valence-corrected chi connectivity index (χ3v) is 4.43. The number of rotatable bonds is 4. The topological polar surface area (TPSA) is 47.8 Å². The lowest BCUT2D eigenvalue weighted by Gasteiger charge is -2.05. The molecule has 2 heterocycles. The molecule has 0 radical (unpaired) electrons. The third kappa shape index (κ3) is 3.02. The summed E-state index contributed by atoms with van der Waals surface area (Å²) >= 11 is 0. The molecule has 4 aromatic rings. The zero-order valence-electron chi connectivity index (χ0n) is 14.8. The molecule has 0 atom stereocenters. The average Bonchev–Trinajstić information content (AvgIpc) is 2.98. The van der Waals surface area contributed by atoms with Gasteiger partial charge >= 0.3 is 0 Å². The van der Waals surface area contributed by atoms with Gasteiger partial charge in [-0.05, 0) is 35.7 Å². The summed E-state index contributed by atoms with van der Waals surface area (Å²) in [5, 5.41) is 5.65. The fourth-order valence-electron chi connectivity index (χ4n) is 3.26. The lowest BCUT2D eigenvalue weighted by Crippen LogP contribution is -1.97. The Kier molecular flexibility index (Phi) is 4.09. The Balaban J connectivity index is 1.85. The number of carbonyl (C=O) groups excluding carboxylic acids is 1. The molecule has 0 spiro atoms.